The number of sulfonamides is 1. The molecule has 2 aromatic carbocycles. The summed E-state index contributed by atoms with van der Waals surface area (Å²) in [6.07, 6.45) is 0.441. The van der Waals surface area contributed by atoms with Crippen LogP contribution in [0.25, 0.3) is 11.3 Å². The Bertz CT molecular complexity index is 1050. The molecule has 0 aliphatic rings. The number of rotatable bonds is 6. The SMILES string of the molecule is N#Cc1ccccc1S(=O)(=O)NCCc1nc(-c2ccc(O)cc2)cs1. The number of nitriles is 1. The van der Waals surface area contributed by atoms with E-state index in [0.717, 1.165) is 16.3 Å². The molecule has 2 N–H and O–H groups in total. The third-order valence-corrected chi connectivity index (χ3v) is 6.07. The zero-order valence-corrected chi connectivity index (χ0v) is 15.2. The summed E-state index contributed by atoms with van der Waals surface area (Å²) in [7, 11) is -3.75. The van der Waals surface area contributed by atoms with E-state index in [1.807, 2.05) is 11.4 Å². The van der Waals surface area contributed by atoms with Gasteiger partial charge >= 0.3 is 0 Å². The Kier molecular flexibility index (Phi) is 5.32. The maximum atomic E-state index is 12.4. The molecule has 0 saturated carbocycles. The van der Waals surface area contributed by atoms with Crippen molar-refractivity contribution in [1.82, 2.24) is 9.71 Å². The lowest BCUT2D eigenvalue weighted by Crippen LogP contribution is -2.26. The summed E-state index contributed by atoms with van der Waals surface area (Å²) in [5.74, 6) is 0.191. The van der Waals surface area contributed by atoms with Crippen LogP contribution in [0.5, 0.6) is 5.75 Å². The molecule has 1 heterocycles. The number of benzene rings is 2. The van der Waals surface area contributed by atoms with Gasteiger partial charge in [0.05, 0.1) is 21.2 Å². The lowest BCUT2D eigenvalue weighted by molar-refractivity contribution is 0.475. The number of hydrogen-bond acceptors (Lipinski definition) is 6. The molecule has 0 amide bonds. The van der Waals surface area contributed by atoms with E-state index < -0.39 is 10.0 Å². The molecule has 1 aromatic heterocycles. The first-order valence-corrected chi connectivity index (χ1v) is 10.1. The van der Waals surface area contributed by atoms with Crippen molar-refractivity contribution in [3.05, 3.63) is 64.5 Å². The van der Waals surface area contributed by atoms with E-state index in [4.69, 9.17) is 5.26 Å². The van der Waals surface area contributed by atoms with Crippen LogP contribution in [0, 0.1) is 11.3 Å². The van der Waals surface area contributed by atoms with E-state index in [1.165, 1.54) is 23.5 Å². The molecule has 0 fully saturated rings. The molecule has 0 aliphatic heterocycles. The number of thiazole rings is 1. The van der Waals surface area contributed by atoms with E-state index in [2.05, 4.69) is 9.71 Å². The fraction of sp³-hybridized carbons (Fsp3) is 0.111. The van der Waals surface area contributed by atoms with Crippen molar-refractivity contribution in [2.24, 2.45) is 0 Å². The molecule has 0 atom stereocenters. The quantitative estimate of drug-likeness (QED) is 0.679. The average molecular weight is 385 g/mol. The largest absolute Gasteiger partial charge is 0.508 e. The summed E-state index contributed by atoms with van der Waals surface area (Å²) in [6, 6.07) is 14.7. The fourth-order valence-electron chi connectivity index (χ4n) is 2.35. The van der Waals surface area contributed by atoms with E-state index >= 15 is 0 Å². The first-order chi connectivity index (χ1) is 12.5. The Hall–Kier alpha value is -2.73. The van der Waals surface area contributed by atoms with Crippen molar-refractivity contribution in [3.63, 3.8) is 0 Å². The maximum Gasteiger partial charge on any atom is 0.241 e. The second-order valence-electron chi connectivity index (χ2n) is 5.43. The van der Waals surface area contributed by atoms with Crippen molar-refractivity contribution in [2.45, 2.75) is 11.3 Å². The minimum atomic E-state index is -3.75. The first-order valence-electron chi connectivity index (χ1n) is 7.72. The highest BCUT2D eigenvalue weighted by Crippen LogP contribution is 2.24. The van der Waals surface area contributed by atoms with Gasteiger partial charge in [-0.1, -0.05) is 12.1 Å². The molecule has 0 bridgehead atoms. The van der Waals surface area contributed by atoms with Gasteiger partial charge in [0.25, 0.3) is 0 Å². The normalized spacial score (nSPS) is 11.2. The molecule has 3 rings (SSSR count). The van der Waals surface area contributed by atoms with Crippen LogP contribution in [0.1, 0.15) is 10.6 Å². The molecule has 3 aromatic rings. The first kappa shape index (κ1) is 18.1. The van der Waals surface area contributed by atoms with Crippen LogP contribution in [0.3, 0.4) is 0 Å². The van der Waals surface area contributed by atoms with Gasteiger partial charge in [0, 0.05) is 23.9 Å². The molecule has 0 radical (unpaired) electrons. The third-order valence-electron chi connectivity index (χ3n) is 3.64. The number of nitrogens with zero attached hydrogens (tertiary/aromatic N) is 2. The van der Waals surface area contributed by atoms with E-state index in [0.29, 0.717) is 6.42 Å². The van der Waals surface area contributed by atoms with Gasteiger partial charge in [0.15, 0.2) is 0 Å². The Balaban J connectivity index is 1.65. The van der Waals surface area contributed by atoms with Gasteiger partial charge in [0.1, 0.15) is 11.8 Å². The zero-order valence-electron chi connectivity index (χ0n) is 13.6. The lowest BCUT2D eigenvalue weighted by atomic mass is 10.2. The lowest BCUT2D eigenvalue weighted by Gasteiger charge is -2.07. The minimum absolute atomic E-state index is 0.0218. The monoisotopic (exact) mass is 385 g/mol. The Morgan fingerprint density at radius 3 is 2.62 bits per heavy atom. The molecular weight excluding hydrogens is 370 g/mol. The average Bonchev–Trinajstić information content (AvgIpc) is 3.11. The van der Waals surface area contributed by atoms with Crippen molar-refractivity contribution >= 4 is 21.4 Å². The van der Waals surface area contributed by atoms with Gasteiger partial charge < -0.3 is 5.11 Å². The third kappa shape index (κ3) is 4.08. The highest BCUT2D eigenvalue weighted by molar-refractivity contribution is 7.89. The van der Waals surface area contributed by atoms with Gasteiger partial charge in [-0.15, -0.1) is 11.3 Å². The summed E-state index contributed by atoms with van der Waals surface area (Å²) >= 11 is 1.44. The summed E-state index contributed by atoms with van der Waals surface area (Å²) < 4.78 is 27.2. The van der Waals surface area contributed by atoms with Gasteiger partial charge in [-0.05, 0) is 36.4 Å². The van der Waals surface area contributed by atoms with Crippen LogP contribution in [-0.2, 0) is 16.4 Å². The minimum Gasteiger partial charge on any atom is -0.508 e. The van der Waals surface area contributed by atoms with Crippen molar-refractivity contribution < 1.29 is 13.5 Å². The van der Waals surface area contributed by atoms with Crippen LogP contribution in [0.2, 0.25) is 0 Å². The van der Waals surface area contributed by atoms with Gasteiger partial charge in [-0.2, -0.15) is 5.26 Å². The molecule has 132 valence electrons. The highest BCUT2D eigenvalue weighted by Gasteiger charge is 2.17. The van der Waals surface area contributed by atoms with Crippen molar-refractivity contribution in [1.29, 1.82) is 5.26 Å². The molecule has 0 unspecified atom stereocenters. The highest BCUT2D eigenvalue weighted by atomic mass is 32.2. The number of hydrogen-bond donors (Lipinski definition) is 2. The molecule has 8 heteroatoms. The predicted molar refractivity (Wildman–Crippen MR) is 99.3 cm³/mol. The Labute approximate surface area is 155 Å². The molecule has 0 aliphatic carbocycles. The Morgan fingerprint density at radius 2 is 1.88 bits per heavy atom. The summed E-state index contributed by atoms with van der Waals surface area (Å²) in [4.78, 5) is 4.46. The summed E-state index contributed by atoms with van der Waals surface area (Å²) in [6.45, 7) is 0.185. The number of phenolic OH excluding ortho intramolecular Hbond substituents is 1. The summed E-state index contributed by atoms with van der Waals surface area (Å²) in [5, 5.41) is 21.1. The van der Waals surface area contributed by atoms with E-state index in [9.17, 15) is 13.5 Å². The smallest absolute Gasteiger partial charge is 0.241 e. The topological polar surface area (TPSA) is 103 Å². The molecule has 0 spiro atoms. The standard InChI is InChI=1S/C18H15N3O3S2/c19-11-14-3-1-2-4-17(14)26(23,24)20-10-9-18-21-16(12-25-18)13-5-7-15(22)8-6-13/h1-8,12,20,22H,9-10H2. The van der Waals surface area contributed by atoms with Gasteiger partial charge in [0.2, 0.25) is 10.0 Å². The van der Waals surface area contributed by atoms with Gasteiger partial charge in [-0.25, -0.2) is 18.1 Å². The van der Waals surface area contributed by atoms with Crippen molar-refractivity contribution in [3.8, 4) is 23.1 Å². The molecular formula is C18H15N3O3S2. The van der Waals surface area contributed by atoms with Crippen LogP contribution in [0.4, 0.5) is 0 Å². The number of aromatic nitrogens is 1. The second kappa shape index (κ2) is 7.66. The van der Waals surface area contributed by atoms with Gasteiger partial charge in [-0.3, -0.25) is 0 Å². The second-order valence-corrected chi connectivity index (χ2v) is 8.11. The molecule has 6 nitrogen and oxygen atoms in total. The number of aromatic hydroxyl groups is 1. The van der Waals surface area contributed by atoms with Crippen molar-refractivity contribution in [2.75, 3.05) is 6.54 Å². The number of nitrogens with one attached hydrogen (secondary N) is 1. The van der Waals surface area contributed by atoms with Crippen LogP contribution in [0.15, 0.2) is 58.8 Å². The predicted octanol–water partition coefficient (Wildman–Crippen LogP) is 2.91. The van der Waals surface area contributed by atoms with Crippen LogP contribution < -0.4 is 4.72 Å². The Morgan fingerprint density at radius 1 is 1.15 bits per heavy atom. The number of phenols is 1. The summed E-state index contributed by atoms with van der Waals surface area (Å²) in [5.41, 5.74) is 1.78. The molecule has 0 saturated heterocycles. The molecule has 26 heavy (non-hydrogen) atoms. The van der Waals surface area contributed by atoms with E-state index in [1.54, 1.807) is 36.4 Å². The maximum absolute atomic E-state index is 12.4. The zero-order chi connectivity index (χ0) is 18.6. The van der Waals surface area contributed by atoms with Crippen LogP contribution >= 0.6 is 11.3 Å². The fourth-order valence-corrected chi connectivity index (χ4v) is 4.35. The van der Waals surface area contributed by atoms with Crippen LogP contribution in [-0.4, -0.2) is 25.1 Å². The van der Waals surface area contributed by atoms with E-state index in [-0.39, 0.29) is 22.8 Å².